The number of methoxy groups -OCH3 is 1. The smallest absolute Gasteiger partial charge is 0.340 e. The van der Waals surface area contributed by atoms with Crippen LogP contribution >= 0.6 is 0 Å². The van der Waals surface area contributed by atoms with Gasteiger partial charge in [0.05, 0.1) is 24.0 Å². The van der Waals surface area contributed by atoms with Crippen LogP contribution < -0.4 is 14.8 Å². The van der Waals surface area contributed by atoms with Crippen LogP contribution in [0, 0.1) is 6.92 Å². The van der Waals surface area contributed by atoms with Crippen molar-refractivity contribution in [2.24, 2.45) is 0 Å². The number of nitrogens with two attached hydrogens (primary N) is 1. The zero-order valence-electron chi connectivity index (χ0n) is 19.9. The maximum atomic E-state index is 12.7. The van der Waals surface area contributed by atoms with Crippen molar-refractivity contribution in [1.82, 2.24) is 0 Å². The van der Waals surface area contributed by atoms with E-state index in [1.807, 2.05) is 55.5 Å². The van der Waals surface area contributed by atoms with Crippen LogP contribution in [0.5, 0.6) is 11.5 Å². The molecule has 0 saturated heterocycles. The van der Waals surface area contributed by atoms with Crippen LogP contribution in [0.2, 0.25) is 0 Å². The third-order valence-corrected chi connectivity index (χ3v) is 6.32. The molecule has 4 rings (SSSR count). The number of hydrogen-bond donors (Lipinski definition) is 2. The summed E-state index contributed by atoms with van der Waals surface area (Å²) in [6, 6.07) is 27.1. The van der Waals surface area contributed by atoms with Crippen molar-refractivity contribution in [2.75, 3.05) is 17.1 Å². The first-order valence-electron chi connectivity index (χ1n) is 11.2. The molecule has 0 aliphatic rings. The standard InChI is InChI=1S/C28H26N2O5S/c1-19-8-10-22(11-9-19)30(36(32)33)27-15-13-24(18-25(27)28(31)34-2)35-23-12-14-26(29)21(17-23)16-20-6-4-3-5-7-20/h3-15,17-18H,16,29H2,1-2H3,(H,32,33). The quantitative estimate of drug-likeness (QED) is 0.173. The van der Waals surface area contributed by atoms with E-state index in [1.54, 1.807) is 36.4 Å². The van der Waals surface area contributed by atoms with Crippen LogP contribution in [0.15, 0.2) is 91.0 Å². The molecular formula is C28H26N2O5S. The zero-order chi connectivity index (χ0) is 25.7. The molecule has 4 aromatic rings. The van der Waals surface area contributed by atoms with Crippen molar-refractivity contribution in [3.63, 3.8) is 0 Å². The second kappa shape index (κ2) is 11.1. The van der Waals surface area contributed by atoms with Crippen LogP contribution in [-0.2, 0) is 22.4 Å². The first-order chi connectivity index (χ1) is 17.4. The minimum Gasteiger partial charge on any atom is -0.465 e. The van der Waals surface area contributed by atoms with Crippen LogP contribution in [0.3, 0.4) is 0 Å². The number of carbonyl (C=O) groups is 1. The molecule has 0 amide bonds. The molecule has 1 atom stereocenters. The van der Waals surface area contributed by atoms with Crippen LogP contribution in [-0.4, -0.2) is 21.8 Å². The summed E-state index contributed by atoms with van der Waals surface area (Å²) in [5, 5.41) is 0. The highest BCUT2D eigenvalue weighted by molar-refractivity contribution is 7.81. The fraction of sp³-hybridized carbons (Fsp3) is 0.107. The normalized spacial score (nSPS) is 11.5. The number of aryl methyl sites for hydroxylation is 1. The van der Waals surface area contributed by atoms with Crippen LogP contribution in [0.1, 0.15) is 27.0 Å². The first-order valence-corrected chi connectivity index (χ1v) is 12.2. The Morgan fingerprint density at radius 2 is 1.61 bits per heavy atom. The molecule has 4 aromatic carbocycles. The summed E-state index contributed by atoms with van der Waals surface area (Å²) in [5.74, 6) is 0.238. The van der Waals surface area contributed by atoms with Crippen molar-refractivity contribution in [3.05, 3.63) is 113 Å². The molecule has 36 heavy (non-hydrogen) atoms. The predicted octanol–water partition coefficient (Wildman–Crippen LogP) is 6.02. The molecule has 1 unspecified atom stereocenters. The Labute approximate surface area is 212 Å². The van der Waals surface area contributed by atoms with Gasteiger partial charge in [0.15, 0.2) is 0 Å². The summed E-state index contributed by atoms with van der Waals surface area (Å²) in [6.07, 6.45) is 0.643. The lowest BCUT2D eigenvalue weighted by Gasteiger charge is -2.23. The number of anilines is 3. The molecule has 0 radical (unpaired) electrons. The van der Waals surface area contributed by atoms with E-state index in [4.69, 9.17) is 15.2 Å². The summed E-state index contributed by atoms with van der Waals surface area (Å²) < 4.78 is 34.5. The molecule has 8 heteroatoms. The fourth-order valence-corrected chi connectivity index (χ4v) is 4.40. The molecular weight excluding hydrogens is 476 g/mol. The Hall–Kier alpha value is -4.14. The Bertz CT molecular complexity index is 1390. The van der Waals surface area contributed by atoms with Gasteiger partial charge in [-0.15, -0.1) is 0 Å². The SMILES string of the molecule is COC(=O)c1cc(Oc2ccc(N)c(Cc3ccccc3)c2)ccc1N(c1ccc(C)cc1)S(=O)O. The highest BCUT2D eigenvalue weighted by Gasteiger charge is 2.23. The van der Waals surface area contributed by atoms with Crippen LogP contribution in [0.4, 0.5) is 17.1 Å². The van der Waals surface area contributed by atoms with Gasteiger partial charge in [0, 0.05) is 5.69 Å². The molecule has 0 bridgehead atoms. The lowest BCUT2D eigenvalue weighted by Crippen LogP contribution is -2.22. The topological polar surface area (TPSA) is 102 Å². The van der Waals surface area contributed by atoms with E-state index >= 15 is 0 Å². The molecule has 0 aliphatic carbocycles. The van der Waals surface area contributed by atoms with E-state index in [-0.39, 0.29) is 11.3 Å². The van der Waals surface area contributed by atoms with Gasteiger partial charge in [0.1, 0.15) is 11.5 Å². The molecule has 0 fully saturated rings. The number of nitrogen functional groups attached to an aromatic ring is 1. The lowest BCUT2D eigenvalue weighted by atomic mass is 10.0. The Morgan fingerprint density at radius 1 is 0.944 bits per heavy atom. The number of benzene rings is 4. The summed E-state index contributed by atoms with van der Waals surface area (Å²) in [7, 11) is 1.25. The van der Waals surface area contributed by atoms with Gasteiger partial charge in [0.25, 0.3) is 11.3 Å². The predicted molar refractivity (Wildman–Crippen MR) is 142 cm³/mol. The number of carbonyl (C=O) groups excluding carboxylic acids is 1. The van der Waals surface area contributed by atoms with E-state index in [1.165, 1.54) is 13.2 Å². The molecule has 0 heterocycles. The van der Waals surface area contributed by atoms with Crippen LogP contribution in [0.25, 0.3) is 0 Å². The van der Waals surface area contributed by atoms with Crippen molar-refractivity contribution in [3.8, 4) is 11.5 Å². The molecule has 0 saturated carbocycles. The zero-order valence-corrected chi connectivity index (χ0v) is 20.7. The van der Waals surface area contributed by atoms with E-state index in [0.717, 1.165) is 21.0 Å². The molecule has 0 spiro atoms. The number of nitrogens with zero attached hydrogens (tertiary/aromatic N) is 1. The van der Waals surface area contributed by atoms with Gasteiger partial charge in [-0.1, -0.05) is 48.0 Å². The van der Waals surface area contributed by atoms with E-state index in [9.17, 15) is 13.6 Å². The summed E-state index contributed by atoms with van der Waals surface area (Å²) >= 11 is -2.44. The summed E-state index contributed by atoms with van der Waals surface area (Å²) in [4.78, 5) is 12.7. The van der Waals surface area contributed by atoms with E-state index in [0.29, 0.717) is 29.3 Å². The van der Waals surface area contributed by atoms with Gasteiger partial charge in [-0.2, -0.15) is 0 Å². The van der Waals surface area contributed by atoms with E-state index in [2.05, 4.69) is 0 Å². The summed E-state index contributed by atoms with van der Waals surface area (Å²) in [6.45, 7) is 1.92. The maximum Gasteiger partial charge on any atom is 0.340 e. The Balaban J connectivity index is 1.68. The Morgan fingerprint density at radius 3 is 2.28 bits per heavy atom. The third kappa shape index (κ3) is 5.73. The second-order valence-corrected chi connectivity index (χ2v) is 8.98. The fourth-order valence-electron chi connectivity index (χ4n) is 3.77. The number of ether oxygens (including phenoxy) is 2. The van der Waals surface area contributed by atoms with Gasteiger partial charge >= 0.3 is 5.97 Å². The largest absolute Gasteiger partial charge is 0.465 e. The van der Waals surface area contributed by atoms with Gasteiger partial charge in [-0.05, 0) is 73.0 Å². The van der Waals surface area contributed by atoms with Gasteiger partial charge < -0.3 is 15.2 Å². The van der Waals surface area contributed by atoms with Gasteiger partial charge in [0.2, 0.25) is 0 Å². The minimum atomic E-state index is -2.44. The lowest BCUT2D eigenvalue weighted by molar-refractivity contribution is 0.0601. The number of rotatable bonds is 8. The van der Waals surface area contributed by atoms with Crippen molar-refractivity contribution < 1.29 is 23.0 Å². The highest BCUT2D eigenvalue weighted by atomic mass is 32.2. The van der Waals surface area contributed by atoms with Crippen molar-refractivity contribution in [1.29, 1.82) is 0 Å². The maximum absolute atomic E-state index is 12.7. The second-order valence-electron chi connectivity index (χ2n) is 8.16. The average Bonchev–Trinajstić information content (AvgIpc) is 2.88. The van der Waals surface area contributed by atoms with Gasteiger partial charge in [-0.25, -0.2) is 13.3 Å². The molecule has 3 N–H and O–H groups in total. The third-order valence-electron chi connectivity index (χ3n) is 5.60. The molecule has 0 aliphatic heterocycles. The van der Waals surface area contributed by atoms with E-state index < -0.39 is 17.2 Å². The number of hydrogen-bond acceptors (Lipinski definition) is 5. The molecule has 7 nitrogen and oxygen atoms in total. The van der Waals surface area contributed by atoms with Crippen molar-refractivity contribution >= 4 is 34.3 Å². The highest BCUT2D eigenvalue weighted by Crippen LogP contribution is 2.35. The molecule has 184 valence electrons. The minimum absolute atomic E-state index is 0.0814. The average molecular weight is 503 g/mol. The Kier molecular flexibility index (Phi) is 7.68. The number of esters is 1. The summed E-state index contributed by atoms with van der Waals surface area (Å²) in [5.41, 5.74) is 10.6. The molecule has 0 aromatic heterocycles. The van der Waals surface area contributed by atoms with Crippen molar-refractivity contribution in [2.45, 2.75) is 13.3 Å². The van der Waals surface area contributed by atoms with Gasteiger partial charge in [-0.3, -0.25) is 4.55 Å². The monoisotopic (exact) mass is 502 g/mol. The first kappa shape index (κ1) is 25.0.